The average molecular weight is 226 g/mol. The van der Waals surface area contributed by atoms with Crippen LogP contribution in [0.5, 0.6) is 0 Å². The van der Waals surface area contributed by atoms with Crippen molar-refractivity contribution in [2.75, 3.05) is 24.5 Å². The van der Waals surface area contributed by atoms with Crippen LogP contribution in [0.15, 0.2) is 18.3 Å². The molecule has 1 saturated heterocycles. The maximum atomic E-state index is 11.2. The van der Waals surface area contributed by atoms with E-state index >= 15 is 0 Å². The fourth-order valence-corrected chi connectivity index (χ4v) is 1.78. The van der Waals surface area contributed by atoms with Gasteiger partial charge < -0.3 is 10.2 Å². The van der Waals surface area contributed by atoms with E-state index in [1.165, 1.54) is 0 Å². The zero-order chi connectivity index (χ0) is 10.7. The van der Waals surface area contributed by atoms with Crippen molar-refractivity contribution in [3.05, 3.63) is 23.5 Å². The quantitative estimate of drug-likeness (QED) is 0.727. The van der Waals surface area contributed by atoms with Crippen molar-refractivity contribution < 1.29 is 4.79 Å². The number of hydrogen-bond acceptors (Lipinski definition) is 3. The molecule has 2 rings (SSSR count). The fourth-order valence-electron chi connectivity index (χ4n) is 1.61. The van der Waals surface area contributed by atoms with Crippen molar-refractivity contribution in [1.82, 2.24) is 10.3 Å². The Hall–Kier alpha value is -1.29. The van der Waals surface area contributed by atoms with Gasteiger partial charge in [0.15, 0.2) is 0 Å². The molecular weight excluding hydrogens is 214 g/mol. The first-order valence-electron chi connectivity index (χ1n) is 4.89. The Morgan fingerprint density at radius 3 is 3.13 bits per heavy atom. The van der Waals surface area contributed by atoms with E-state index in [4.69, 9.17) is 11.6 Å². The van der Waals surface area contributed by atoms with Crippen molar-refractivity contribution in [3.63, 3.8) is 0 Å². The van der Waals surface area contributed by atoms with E-state index < -0.39 is 0 Å². The number of halogens is 1. The van der Waals surface area contributed by atoms with Gasteiger partial charge in [0.25, 0.3) is 0 Å². The molecule has 0 spiro atoms. The van der Waals surface area contributed by atoms with Gasteiger partial charge in [0.05, 0.1) is 0 Å². The van der Waals surface area contributed by atoms with Crippen LogP contribution in [0.25, 0.3) is 0 Å². The molecule has 2 heterocycles. The van der Waals surface area contributed by atoms with E-state index in [0.29, 0.717) is 18.1 Å². The summed E-state index contributed by atoms with van der Waals surface area (Å²) in [6.07, 6.45) is 2.21. The molecule has 15 heavy (non-hydrogen) atoms. The number of carbonyl (C=O) groups is 1. The van der Waals surface area contributed by atoms with Crippen molar-refractivity contribution in [2.24, 2.45) is 0 Å². The third-order valence-electron chi connectivity index (χ3n) is 2.39. The molecule has 1 aromatic heterocycles. The van der Waals surface area contributed by atoms with Crippen LogP contribution in [0.1, 0.15) is 6.42 Å². The van der Waals surface area contributed by atoms with Gasteiger partial charge in [-0.2, -0.15) is 0 Å². The molecule has 1 N–H and O–H groups in total. The topological polar surface area (TPSA) is 45.2 Å². The molecule has 80 valence electrons. The van der Waals surface area contributed by atoms with Crippen LogP contribution in [0.4, 0.5) is 5.69 Å². The number of amides is 1. The van der Waals surface area contributed by atoms with Gasteiger partial charge in [0.2, 0.25) is 5.91 Å². The van der Waals surface area contributed by atoms with Gasteiger partial charge in [-0.3, -0.25) is 4.79 Å². The van der Waals surface area contributed by atoms with E-state index in [2.05, 4.69) is 15.2 Å². The SMILES string of the molecule is O=C1CCN(c2ccnc(Cl)c2)CCN1. The largest absolute Gasteiger partial charge is 0.369 e. The lowest BCUT2D eigenvalue weighted by atomic mass is 10.3. The summed E-state index contributed by atoms with van der Waals surface area (Å²) >= 11 is 5.81. The molecule has 0 aliphatic carbocycles. The fraction of sp³-hybridized carbons (Fsp3) is 0.400. The van der Waals surface area contributed by atoms with Crippen LogP contribution in [0.2, 0.25) is 5.15 Å². The third kappa shape index (κ3) is 2.59. The van der Waals surface area contributed by atoms with E-state index in [-0.39, 0.29) is 5.91 Å². The third-order valence-corrected chi connectivity index (χ3v) is 2.59. The highest BCUT2D eigenvalue weighted by Gasteiger charge is 2.13. The Kier molecular flexibility index (Phi) is 3.06. The van der Waals surface area contributed by atoms with Gasteiger partial charge in [0, 0.05) is 37.9 Å². The van der Waals surface area contributed by atoms with E-state index in [1.54, 1.807) is 6.20 Å². The van der Waals surface area contributed by atoms with Crippen LogP contribution in [0, 0.1) is 0 Å². The minimum Gasteiger partial charge on any atom is -0.369 e. The molecule has 0 saturated carbocycles. The highest BCUT2D eigenvalue weighted by Crippen LogP contribution is 2.17. The monoisotopic (exact) mass is 225 g/mol. The summed E-state index contributed by atoms with van der Waals surface area (Å²) < 4.78 is 0. The molecule has 1 fully saturated rings. The van der Waals surface area contributed by atoms with Gasteiger partial charge in [0.1, 0.15) is 5.15 Å². The second-order valence-corrected chi connectivity index (χ2v) is 3.81. The predicted molar refractivity (Wildman–Crippen MR) is 59.1 cm³/mol. The predicted octanol–water partition coefficient (Wildman–Crippen LogP) is 1.06. The number of nitrogens with zero attached hydrogens (tertiary/aromatic N) is 2. The standard InChI is InChI=1S/C10H12ClN3O/c11-9-7-8(1-3-12-9)14-5-2-10(15)13-4-6-14/h1,3,7H,2,4-6H2,(H,13,15). The Morgan fingerprint density at radius 1 is 1.47 bits per heavy atom. The highest BCUT2D eigenvalue weighted by molar-refractivity contribution is 6.29. The lowest BCUT2D eigenvalue weighted by Crippen LogP contribution is -2.28. The first kappa shape index (κ1) is 10.2. The summed E-state index contributed by atoms with van der Waals surface area (Å²) in [5, 5.41) is 3.31. The summed E-state index contributed by atoms with van der Waals surface area (Å²) in [7, 11) is 0. The van der Waals surface area contributed by atoms with Gasteiger partial charge >= 0.3 is 0 Å². The van der Waals surface area contributed by atoms with Crippen LogP contribution in [-0.2, 0) is 4.79 Å². The maximum Gasteiger partial charge on any atom is 0.221 e. The normalized spacial score (nSPS) is 17.1. The summed E-state index contributed by atoms with van der Waals surface area (Å²) in [5.74, 6) is 0.109. The highest BCUT2D eigenvalue weighted by atomic mass is 35.5. The van der Waals surface area contributed by atoms with Crippen molar-refractivity contribution in [1.29, 1.82) is 0 Å². The number of anilines is 1. The average Bonchev–Trinajstić information content (AvgIpc) is 2.43. The van der Waals surface area contributed by atoms with Crippen molar-refractivity contribution >= 4 is 23.2 Å². The second-order valence-electron chi connectivity index (χ2n) is 3.42. The van der Waals surface area contributed by atoms with Gasteiger partial charge in [-0.15, -0.1) is 0 Å². The number of carbonyl (C=O) groups excluding carboxylic acids is 1. The minimum atomic E-state index is 0.109. The molecule has 1 aliphatic heterocycles. The number of rotatable bonds is 1. The first-order valence-corrected chi connectivity index (χ1v) is 5.27. The smallest absolute Gasteiger partial charge is 0.221 e. The van der Waals surface area contributed by atoms with Crippen LogP contribution < -0.4 is 10.2 Å². The van der Waals surface area contributed by atoms with Gasteiger partial charge in [-0.25, -0.2) is 4.98 Å². The summed E-state index contributed by atoms with van der Waals surface area (Å²) in [4.78, 5) is 17.2. The molecule has 1 aromatic rings. The lowest BCUT2D eigenvalue weighted by molar-refractivity contribution is -0.120. The maximum absolute atomic E-state index is 11.2. The lowest BCUT2D eigenvalue weighted by Gasteiger charge is -2.21. The Balaban J connectivity index is 2.13. The second kappa shape index (κ2) is 4.49. The van der Waals surface area contributed by atoms with Crippen LogP contribution in [-0.4, -0.2) is 30.5 Å². The van der Waals surface area contributed by atoms with E-state index in [0.717, 1.165) is 18.8 Å². The Morgan fingerprint density at radius 2 is 2.33 bits per heavy atom. The van der Waals surface area contributed by atoms with Crippen molar-refractivity contribution in [3.8, 4) is 0 Å². The first-order chi connectivity index (χ1) is 7.25. The molecular formula is C10H12ClN3O. The minimum absolute atomic E-state index is 0.109. The molecule has 1 amide bonds. The summed E-state index contributed by atoms with van der Waals surface area (Å²) in [6, 6.07) is 3.72. The Bertz CT molecular complexity index is 369. The van der Waals surface area contributed by atoms with Crippen LogP contribution >= 0.6 is 11.6 Å². The number of nitrogens with one attached hydrogen (secondary N) is 1. The number of aromatic nitrogens is 1. The van der Waals surface area contributed by atoms with Gasteiger partial charge in [-0.1, -0.05) is 11.6 Å². The van der Waals surface area contributed by atoms with Gasteiger partial charge in [-0.05, 0) is 12.1 Å². The molecule has 0 aromatic carbocycles. The zero-order valence-electron chi connectivity index (χ0n) is 8.24. The summed E-state index contributed by atoms with van der Waals surface area (Å²) in [5.41, 5.74) is 1.02. The van der Waals surface area contributed by atoms with E-state index in [9.17, 15) is 4.79 Å². The Labute approximate surface area is 93.2 Å². The molecule has 0 atom stereocenters. The van der Waals surface area contributed by atoms with Crippen molar-refractivity contribution in [2.45, 2.75) is 6.42 Å². The van der Waals surface area contributed by atoms with Crippen LogP contribution in [0.3, 0.4) is 0 Å². The van der Waals surface area contributed by atoms with E-state index in [1.807, 2.05) is 12.1 Å². The molecule has 1 aliphatic rings. The molecule has 4 nitrogen and oxygen atoms in total. The number of pyridine rings is 1. The number of hydrogen-bond donors (Lipinski definition) is 1. The zero-order valence-corrected chi connectivity index (χ0v) is 9.00. The molecule has 5 heteroatoms. The summed E-state index contributed by atoms with van der Waals surface area (Å²) in [6.45, 7) is 2.22. The molecule has 0 unspecified atom stereocenters. The molecule has 0 bridgehead atoms. The molecule has 0 radical (unpaired) electrons.